The van der Waals surface area contributed by atoms with E-state index in [1.54, 1.807) is 6.08 Å². The number of carbonyl (C=O) groups excluding carboxylic acids is 2. The number of hydrogen-bond acceptors (Lipinski definition) is 15. The van der Waals surface area contributed by atoms with E-state index in [2.05, 4.69) is 29.8 Å². The zero-order valence-corrected chi connectivity index (χ0v) is 23.6. The number of aryl methyl sites for hydroxylation is 1. The molecular formula is C21H23N9O5S4. The number of oxime groups is 1. The third kappa shape index (κ3) is 6.52. The molecule has 2 amide bonds. The summed E-state index contributed by atoms with van der Waals surface area (Å²) < 4.78 is 3.83. The number of anilines is 1. The minimum absolute atomic E-state index is 0.0707. The Bertz CT molecular complexity index is 1380. The smallest absolute Gasteiger partial charge is 0.352 e. The normalized spacial score (nSPS) is 19.3. The molecule has 0 bridgehead atoms. The van der Waals surface area contributed by atoms with Gasteiger partial charge < -0.3 is 27.1 Å². The van der Waals surface area contributed by atoms with Crippen LogP contribution in [0.2, 0.25) is 0 Å². The van der Waals surface area contributed by atoms with E-state index in [1.165, 1.54) is 35.3 Å². The third-order valence-corrected chi connectivity index (χ3v) is 8.85. The van der Waals surface area contributed by atoms with Crippen molar-refractivity contribution in [3.8, 4) is 0 Å². The Balaban J connectivity index is 1.41. The van der Waals surface area contributed by atoms with Gasteiger partial charge in [-0.05, 0) is 18.6 Å². The van der Waals surface area contributed by atoms with Gasteiger partial charge in [0.1, 0.15) is 22.1 Å². The van der Waals surface area contributed by atoms with Gasteiger partial charge in [0.15, 0.2) is 10.3 Å². The molecule has 206 valence electrons. The molecule has 2 aliphatic heterocycles. The number of nitrogen functional groups attached to an aromatic ring is 1. The molecule has 39 heavy (non-hydrogen) atoms. The van der Waals surface area contributed by atoms with Crippen LogP contribution in [0.1, 0.15) is 11.5 Å². The van der Waals surface area contributed by atoms with Gasteiger partial charge in [-0.15, -0.1) is 23.5 Å². The molecular weight excluding hydrogens is 587 g/mol. The Hall–Kier alpha value is -3.19. The fourth-order valence-corrected chi connectivity index (χ4v) is 6.88. The molecule has 1 saturated heterocycles. The topological polar surface area (TPSA) is 223 Å². The molecule has 1 fully saturated rings. The Labute approximate surface area is 239 Å². The summed E-state index contributed by atoms with van der Waals surface area (Å²) in [5, 5.41) is 25.4. The molecule has 0 saturated carbocycles. The van der Waals surface area contributed by atoms with Crippen molar-refractivity contribution in [3.05, 3.63) is 41.0 Å². The van der Waals surface area contributed by atoms with Gasteiger partial charge >= 0.3 is 5.97 Å². The molecule has 0 radical (unpaired) electrons. The largest absolute Gasteiger partial charge is 0.477 e. The lowest BCUT2D eigenvalue weighted by molar-refractivity contribution is -0.150. The minimum Gasteiger partial charge on any atom is -0.477 e. The number of amides is 2. The highest BCUT2D eigenvalue weighted by Crippen LogP contribution is 2.40. The quantitative estimate of drug-likeness (QED) is 0.0446. The van der Waals surface area contributed by atoms with Crippen molar-refractivity contribution in [3.63, 3.8) is 0 Å². The van der Waals surface area contributed by atoms with Gasteiger partial charge in [0.2, 0.25) is 11.5 Å². The first kappa shape index (κ1) is 28.8. The van der Waals surface area contributed by atoms with Gasteiger partial charge in [-0.25, -0.2) is 14.8 Å². The van der Waals surface area contributed by atoms with Crippen molar-refractivity contribution in [1.82, 2.24) is 29.5 Å². The van der Waals surface area contributed by atoms with E-state index in [0.717, 1.165) is 27.2 Å². The number of nitrogens with two attached hydrogens (primary N) is 2. The van der Waals surface area contributed by atoms with Crippen LogP contribution < -0.4 is 16.8 Å². The lowest BCUT2D eigenvalue weighted by Crippen LogP contribution is -2.71. The Morgan fingerprint density at radius 2 is 2.13 bits per heavy atom. The van der Waals surface area contributed by atoms with E-state index in [0.29, 0.717) is 34.5 Å². The second-order valence-corrected chi connectivity index (χ2v) is 11.9. The average molecular weight is 610 g/mol. The van der Waals surface area contributed by atoms with Crippen molar-refractivity contribution in [1.29, 1.82) is 0 Å². The number of β-lactam (4-membered cyclic amide) rings is 1. The maximum absolute atomic E-state index is 12.9. The summed E-state index contributed by atoms with van der Waals surface area (Å²) in [6, 6.07) is 0.853. The van der Waals surface area contributed by atoms with Gasteiger partial charge in [-0.1, -0.05) is 29.1 Å². The van der Waals surface area contributed by atoms with E-state index >= 15 is 0 Å². The molecule has 2 aromatic rings. The summed E-state index contributed by atoms with van der Waals surface area (Å²) in [6.45, 7) is 2.41. The van der Waals surface area contributed by atoms with Crippen LogP contribution in [-0.4, -0.2) is 93.3 Å². The number of carboxylic acids is 1. The van der Waals surface area contributed by atoms with Gasteiger partial charge in [-0.3, -0.25) is 14.5 Å². The Morgan fingerprint density at radius 3 is 2.79 bits per heavy atom. The number of carbonyl (C=O) groups is 3. The van der Waals surface area contributed by atoms with Crippen molar-refractivity contribution < 1.29 is 24.7 Å². The fraction of sp³-hybridized carbons (Fsp3) is 0.333. The highest BCUT2D eigenvalue weighted by atomic mass is 32.2. The lowest BCUT2D eigenvalue weighted by Gasteiger charge is -2.49. The van der Waals surface area contributed by atoms with E-state index in [9.17, 15) is 24.7 Å². The van der Waals surface area contributed by atoms with E-state index in [1.807, 2.05) is 19.1 Å². The fourth-order valence-electron chi connectivity index (χ4n) is 3.63. The highest BCUT2D eigenvalue weighted by molar-refractivity contribution is 8.00. The molecule has 2 unspecified atom stereocenters. The number of rotatable bonds is 11. The predicted molar refractivity (Wildman–Crippen MR) is 149 cm³/mol. The Kier molecular flexibility index (Phi) is 9.44. The number of allylic oxidation sites excluding steroid dienone is 1. The predicted octanol–water partition coefficient (Wildman–Crippen LogP) is 0.535. The van der Waals surface area contributed by atoms with Crippen molar-refractivity contribution >= 4 is 75.4 Å². The van der Waals surface area contributed by atoms with Crippen LogP contribution in [0.25, 0.3) is 0 Å². The number of carboxylic acid groups (broad SMARTS) is 1. The Morgan fingerprint density at radius 1 is 1.33 bits per heavy atom. The highest BCUT2D eigenvalue weighted by Gasteiger charge is 2.54. The molecule has 18 heteroatoms. The van der Waals surface area contributed by atoms with Gasteiger partial charge in [0.05, 0.1) is 0 Å². The third-order valence-electron chi connectivity index (χ3n) is 5.26. The average Bonchev–Trinajstić information content (AvgIpc) is 3.33. The van der Waals surface area contributed by atoms with Crippen molar-refractivity contribution in [2.24, 2.45) is 10.9 Å². The van der Waals surface area contributed by atoms with Crippen molar-refractivity contribution in [2.45, 2.75) is 28.5 Å². The van der Waals surface area contributed by atoms with Crippen LogP contribution in [0, 0.1) is 6.92 Å². The van der Waals surface area contributed by atoms with Crippen LogP contribution in [-0.2, 0) is 14.4 Å². The molecule has 2 aromatic heterocycles. The molecule has 4 rings (SSSR count). The molecule has 2 atom stereocenters. The first-order valence-electron chi connectivity index (χ1n) is 11.2. The number of nitrogens with one attached hydrogen (secondary N) is 1. The second-order valence-electron chi connectivity index (χ2n) is 7.93. The van der Waals surface area contributed by atoms with Crippen molar-refractivity contribution in [2.75, 3.05) is 29.5 Å². The number of aliphatic carboxylic acids is 1. The number of aromatic nitrogens is 4. The van der Waals surface area contributed by atoms with Gasteiger partial charge in [-0.2, -0.15) is 9.36 Å². The second kappa shape index (κ2) is 12.8. The molecule has 0 aromatic carbocycles. The summed E-state index contributed by atoms with van der Waals surface area (Å²) in [5.74, 6) is -1.38. The maximum Gasteiger partial charge on any atom is 0.352 e. The van der Waals surface area contributed by atoms with Crippen LogP contribution in [0.4, 0.5) is 5.13 Å². The van der Waals surface area contributed by atoms with E-state index in [-0.39, 0.29) is 16.7 Å². The monoisotopic (exact) mass is 609 g/mol. The van der Waals surface area contributed by atoms with Crippen LogP contribution in [0.3, 0.4) is 0 Å². The molecule has 7 N–H and O–H groups in total. The number of fused-ring (bicyclic) bond motifs is 1. The molecule has 14 nitrogen and oxygen atoms in total. The SMILES string of the molecule is Cc1cc(SC/C=C/C2=C(C(=O)O)N3C(=O)C(NC(=O)C(=NO)c4nsc(N)n4)C3SC2)nc(SCCN)n1. The standard InChI is InChI=1S/C21H23N9O5S4/c1-9-7-11(25-21(24-9)37-6-4-22)36-5-2-3-10-8-38-18-13(17(32)30(18)14(10)19(33)34)26-16(31)12(28-35)15-27-20(23)39-29-15/h2-3,7,13,18,35H,4-6,8,22H2,1H3,(H,26,31)(H,33,34)(H2,23,27,29)/b3-2+,28-12?. The first-order chi connectivity index (χ1) is 18.7. The van der Waals surface area contributed by atoms with E-state index in [4.69, 9.17) is 11.5 Å². The summed E-state index contributed by atoms with van der Waals surface area (Å²) in [6.07, 6.45) is 3.50. The minimum atomic E-state index is -1.25. The van der Waals surface area contributed by atoms with Crippen LogP contribution >= 0.6 is 46.8 Å². The zero-order valence-electron chi connectivity index (χ0n) is 20.3. The van der Waals surface area contributed by atoms with E-state index < -0.39 is 34.9 Å². The van der Waals surface area contributed by atoms with Crippen LogP contribution in [0.15, 0.2) is 44.8 Å². The molecule has 0 aliphatic carbocycles. The van der Waals surface area contributed by atoms with Gasteiger partial charge in [0.25, 0.3) is 11.8 Å². The zero-order chi connectivity index (χ0) is 28.1. The molecule has 0 spiro atoms. The summed E-state index contributed by atoms with van der Waals surface area (Å²) in [5.41, 5.74) is 11.7. The maximum atomic E-state index is 12.9. The molecule has 2 aliphatic rings. The number of nitrogens with zero attached hydrogens (tertiary/aromatic N) is 6. The van der Waals surface area contributed by atoms with Crippen LogP contribution in [0.5, 0.6) is 0 Å². The summed E-state index contributed by atoms with van der Waals surface area (Å²) in [4.78, 5) is 51.4. The van der Waals surface area contributed by atoms with Gasteiger partial charge in [0, 0.05) is 41.0 Å². The number of thioether (sulfide) groups is 3. The summed E-state index contributed by atoms with van der Waals surface area (Å²) in [7, 11) is 0. The summed E-state index contributed by atoms with van der Waals surface area (Å²) >= 11 is 5.07. The first-order valence-corrected chi connectivity index (χ1v) is 15.0. The molecule has 4 heterocycles. The lowest BCUT2D eigenvalue weighted by atomic mass is 10.0. The number of hydrogen-bond donors (Lipinski definition) is 5.